The molecule has 1 heterocycles. The molecule has 1 aliphatic heterocycles. The number of alkyl halides is 2. The molecular weight excluding hydrogens is 228 g/mol. The maximum absolute atomic E-state index is 12.3. The smallest absolute Gasteiger partial charge is 0.303 e. The molecule has 1 fully saturated rings. The standard InChI is InChI=1S/C8H15F2NO3S/c1-8(9,10)14-7-15(12,13)11-5-3-2-4-6-11/h2-7H2,1H3. The van der Waals surface area contributed by atoms with Crippen LogP contribution in [0.15, 0.2) is 0 Å². The summed E-state index contributed by atoms with van der Waals surface area (Å²) in [6, 6.07) is 0. The van der Waals surface area contributed by atoms with Gasteiger partial charge in [0.2, 0.25) is 10.0 Å². The fourth-order valence-corrected chi connectivity index (χ4v) is 2.72. The Labute approximate surface area is 88.3 Å². The third-order valence-electron chi connectivity index (χ3n) is 2.17. The van der Waals surface area contributed by atoms with Crippen molar-refractivity contribution >= 4 is 10.0 Å². The molecule has 90 valence electrons. The van der Waals surface area contributed by atoms with Gasteiger partial charge in [-0.05, 0) is 12.8 Å². The van der Waals surface area contributed by atoms with E-state index in [4.69, 9.17) is 0 Å². The lowest BCUT2D eigenvalue weighted by Crippen LogP contribution is -2.39. The topological polar surface area (TPSA) is 46.6 Å². The molecule has 15 heavy (non-hydrogen) atoms. The summed E-state index contributed by atoms with van der Waals surface area (Å²) < 4.78 is 52.8. The van der Waals surface area contributed by atoms with E-state index < -0.39 is 22.1 Å². The Balaban J connectivity index is 2.51. The average Bonchev–Trinajstić information content (AvgIpc) is 2.16. The maximum Gasteiger partial charge on any atom is 0.353 e. The van der Waals surface area contributed by atoms with E-state index in [1.165, 1.54) is 4.31 Å². The van der Waals surface area contributed by atoms with E-state index in [1.807, 2.05) is 0 Å². The largest absolute Gasteiger partial charge is 0.353 e. The Morgan fingerprint density at radius 2 is 1.80 bits per heavy atom. The molecule has 0 saturated carbocycles. The van der Waals surface area contributed by atoms with E-state index in [9.17, 15) is 17.2 Å². The van der Waals surface area contributed by atoms with E-state index in [1.54, 1.807) is 0 Å². The van der Waals surface area contributed by atoms with Crippen molar-refractivity contribution in [2.75, 3.05) is 19.0 Å². The Morgan fingerprint density at radius 3 is 2.27 bits per heavy atom. The Morgan fingerprint density at radius 1 is 1.27 bits per heavy atom. The highest BCUT2D eigenvalue weighted by Crippen LogP contribution is 2.18. The molecule has 0 radical (unpaired) electrons. The highest BCUT2D eigenvalue weighted by atomic mass is 32.2. The first kappa shape index (κ1) is 12.8. The van der Waals surface area contributed by atoms with Crippen molar-refractivity contribution in [2.24, 2.45) is 0 Å². The highest BCUT2D eigenvalue weighted by molar-refractivity contribution is 7.88. The van der Waals surface area contributed by atoms with Crippen LogP contribution in [0.25, 0.3) is 0 Å². The summed E-state index contributed by atoms with van der Waals surface area (Å²) in [5.74, 6) is -0.948. The molecule has 0 aromatic rings. The second kappa shape index (κ2) is 4.71. The maximum atomic E-state index is 12.3. The van der Waals surface area contributed by atoms with Gasteiger partial charge in [-0.25, -0.2) is 8.42 Å². The predicted octanol–water partition coefficient (Wildman–Crippen LogP) is 1.39. The second-order valence-electron chi connectivity index (χ2n) is 3.64. The summed E-state index contributed by atoms with van der Waals surface area (Å²) in [6.07, 6.45) is -0.858. The summed E-state index contributed by atoms with van der Waals surface area (Å²) in [7, 11) is -3.69. The number of sulfonamides is 1. The number of halogens is 2. The molecule has 0 spiro atoms. The van der Waals surface area contributed by atoms with Crippen molar-refractivity contribution in [3.8, 4) is 0 Å². The van der Waals surface area contributed by atoms with Crippen molar-refractivity contribution < 1.29 is 21.9 Å². The van der Waals surface area contributed by atoms with Crippen LogP contribution in [-0.4, -0.2) is 37.9 Å². The van der Waals surface area contributed by atoms with Crippen molar-refractivity contribution in [1.29, 1.82) is 0 Å². The number of hydrogen-bond acceptors (Lipinski definition) is 3. The molecule has 7 heteroatoms. The van der Waals surface area contributed by atoms with Crippen LogP contribution in [0.1, 0.15) is 26.2 Å². The number of ether oxygens (including phenoxy) is 1. The number of nitrogens with zero attached hydrogens (tertiary/aromatic N) is 1. The van der Waals surface area contributed by atoms with Crippen LogP contribution < -0.4 is 0 Å². The fraction of sp³-hybridized carbons (Fsp3) is 1.00. The molecule has 0 aliphatic carbocycles. The van der Waals surface area contributed by atoms with E-state index in [0.29, 0.717) is 20.0 Å². The molecule has 0 bridgehead atoms. The Kier molecular flexibility index (Phi) is 4.02. The fourth-order valence-electron chi connectivity index (χ4n) is 1.40. The minimum atomic E-state index is -3.69. The van der Waals surface area contributed by atoms with Gasteiger partial charge in [-0.1, -0.05) is 6.42 Å². The lowest BCUT2D eigenvalue weighted by molar-refractivity contribution is -0.212. The van der Waals surface area contributed by atoms with Crippen LogP contribution in [0.5, 0.6) is 0 Å². The molecular formula is C8H15F2NO3S. The molecule has 0 atom stereocenters. The molecule has 1 rings (SSSR count). The molecule has 0 amide bonds. The lowest BCUT2D eigenvalue weighted by atomic mass is 10.2. The van der Waals surface area contributed by atoms with Crippen LogP contribution in [0, 0.1) is 0 Å². The van der Waals surface area contributed by atoms with Crippen LogP contribution in [0.2, 0.25) is 0 Å². The monoisotopic (exact) mass is 243 g/mol. The Hall–Kier alpha value is -0.270. The summed E-state index contributed by atoms with van der Waals surface area (Å²) >= 11 is 0. The van der Waals surface area contributed by atoms with Gasteiger partial charge in [0.05, 0.1) is 0 Å². The van der Waals surface area contributed by atoms with Gasteiger partial charge in [0.15, 0.2) is 5.94 Å². The van der Waals surface area contributed by atoms with Crippen molar-refractivity contribution in [3.63, 3.8) is 0 Å². The van der Waals surface area contributed by atoms with Crippen molar-refractivity contribution in [1.82, 2.24) is 4.31 Å². The van der Waals surface area contributed by atoms with Gasteiger partial charge in [-0.3, -0.25) is 0 Å². The lowest BCUT2D eigenvalue weighted by Gasteiger charge is -2.26. The zero-order chi connectivity index (χ0) is 11.5. The molecule has 1 saturated heterocycles. The minimum absolute atomic E-state index is 0.404. The van der Waals surface area contributed by atoms with Gasteiger partial charge in [0, 0.05) is 20.0 Å². The van der Waals surface area contributed by atoms with Crippen LogP contribution in [0.4, 0.5) is 8.78 Å². The molecule has 0 aromatic carbocycles. The number of piperidine rings is 1. The summed E-state index contributed by atoms with van der Waals surface area (Å²) in [4.78, 5) is 0. The molecule has 1 aliphatic rings. The van der Waals surface area contributed by atoms with E-state index in [0.717, 1.165) is 19.3 Å². The molecule has 0 unspecified atom stereocenters. The molecule has 0 N–H and O–H groups in total. The van der Waals surface area contributed by atoms with Gasteiger partial charge < -0.3 is 4.74 Å². The predicted molar refractivity (Wildman–Crippen MR) is 50.9 cm³/mol. The third kappa shape index (κ3) is 4.40. The zero-order valence-electron chi connectivity index (χ0n) is 8.58. The first-order chi connectivity index (χ1) is 6.81. The van der Waals surface area contributed by atoms with E-state index in [-0.39, 0.29) is 0 Å². The second-order valence-corrected chi connectivity index (χ2v) is 5.56. The van der Waals surface area contributed by atoms with Gasteiger partial charge in [-0.2, -0.15) is 13.1 Å². The average molecular weight is 243 g/mol. The molecule has 4 nitrogen and oxygen atoms in total. The first-order valence-electron chi connectivity index (χ1n) is 4.81. The van der Waals surface area contributed by atoms with Crippen molar-refractivity contribution in [2.45, 2.75) is 32.3 Å². The van der Waals surface area contributed by atoms with Gasteiger partial charge in [0.25, 0.3) is 0 Å². The minimum Gasteiger partial charge on any atom is -0.303 e. The van der Waals surface area contributed by atoms with Crippen LogP contribution >= 0.6 is 0 Å². The van der Waals surface area contributed by atoms with Gasteiger partial charge in [0.1, 0.15) is 0 Å². The zero-order valence-corrected chi connectivity index (χ0v) is 9.40. The SMILES string of the molecule is CC(F)(F)OCS(=O)(=O)N1CCCCC1. The quantitative estimate of drug-likeness (QED) is 0.749. The van der Waals surface area contributed by atoms with Gasteiger partial charge in [-0.15, -0.1) is 0 Å². The first-order valence-corrected chi connectivity index (χ1v) is 6.42. The normalized spacial score (nSPS) is 20.5. The van der Waals surface area contributed by atoms with Crippen molar-refractivity contribution in [3.05, 3.63) is 0 Å². The van der Waals surface area contributed by atoms with E-state index in [2.05, 4.69) is 4.74 Å². The van der Waals surface area contributed by atoms with Crippen LogP contribution in [-0.2, 0) is 14.8 Å². The Bertz CT molecular complexity index is 293. The van der Waals surface area contributed by atoms with Crippen LogP contribution in [0.3, 0.4) is 0 Å². The number of rotatable bonds is 4. The summed E-state index contributed by atoms with van der Waals surface area (Å²) in [6.45, 7) is 1.33. The summed E-state index contributed by atoms with van der Waals surface area (Å²) in [5, 5.41) is 0. The van der Waals surface area contributed by atoms with E-state index >= 15 is 0 Å². The number of hydrogen-bond donors (Lipinski definition) is 0. The van der Waals surface area contributed by atoms with Gasteiger partial charge >= 0.3 is 6.11 Å². The summed E-state index contributed by atoms with van der Waals surface area (Å²) in [5.41, 5.74) is 0. The molecule has 0 aromatic heterocycles. The highest BCUT2D eigenvalue weighted by Gasteiger charge is 2.29. The third-order valence-corrected chi connectivity index (χ3v) is 3.74.